The predicted molar refractivity (Wildman–Crippen MR) is 139 cm³/mol. The largest absolute Gasteiger partial charge is 0.586 e. The van der Waals surface area contributed by atoms with E-state index in [0.717, 1.165) is 23.1 Å². The summed E-state index contributed by atoms with van der Waals surface area (Å²) < 4.78 is 48.1. The van der Waals surface area contributed by atoms with E-state index in [1.54, 1.807) is 13.2 Å². The third-order valence-corrected chi connectivity index (χ3v) is 6.67. The lowest BCUT2D eigenvalue weighted by Gasteiger charge is -2.23. The minimum atomic E-state index is -3.77. The number of nitrogens with one attached hydrogen (secondary N) is 1. The number of aryl methyl sites for hydroxylation is 1. The van der Waals surface area contributed by atoms with Crippen LogP contribution in [0.3, 0.4) is 0 Å². The van der Waals surface area contributed by atoms with E-state index in [4.69, 9.17) is 9.47 Å². The quantitative estimate of drug-likeness (QED) is 0.312. The molecule has 3 heterocycles. The molecule has 0 atom stereocenters. The molecular formula is C27H25F2N5O6. The molecule has 1 fully saturated rings. The van der Waals surface area contributed by atoms with Crippen LogP contribution in [-0.2, 0) is 16.1 Å². The second kappa shape index (κ2) is 9.90. The molecule has 11 nitrogen and oxygen atoms in total. The Hall–Kier alpha value is -4.52. The van der Waals surface area contributed by atoms with Gasteiger partial charge in [0.25, 0.3) is 5.56 Å². The number of halogens is 2. The molecule has 0 unspecified atom stereocenters. The van der Waals surface area contributed by atoms with E-state index in [1.807, 2.05) is 19.1 Å². The van der Waals surface area contributed by atoms with Crippen LogP contribution in [0, 0.1) is 6.92 Å². The van der Waals surface area contributed by atoms with E-state index in [1.165, 1.54) is 29.4 Å². The predicted octanol–water partition coefficient (Wildman–Crippen LogP) is 3.64. The highest BCUT2D eigenvalue weighted by Gasteiger charge is 2.44. The third kappa shape index (κ3) is 4.83. The Kier molecular flexibility index (Phi) is 6.37. The maximum absolute atomic E-state index is 13.6. The summed E-state index contributed by atoms with van der Waals surface area (Å²) in [6.45, 7) is 2.30. The number of ether oxygens (including phenoxy) is 4. The number of anilines is 1. The number of imidazole rings is 1. The van der Waals surface area contributed by atoms with Gasteiger partial charge in [-0.2, -0.15) is 5.10 Å². The zero-order valence-electron chi connectivity index (χ0n) is 21.6. The number of benzene rings is 2. The van der Waals surface area contributed by atoms with Gasteiger partial charge in [-0.1, -0.05) is 12.1 Å². The smallest absolute Gasteiger partial charge is 0.491 e. The Morgan fingerprint density at radius 3 is 2.75 bits per heavy atom. The zero-order chi connectivity index (χ0) is 28.0. The van der Waals surface area contributed by atoms with Crippen molar-refractivity contribution in [1.29, 1.82) is 0 Å². The van der Waals surface area contributed by atoms with Crippen LogP contribution in [0.15, 0.2) is 47.5 Å². The summed E-state index contributed by atoms with van der Waals surface area (Å²) in [4.78, 5) is 35.5. The van der Waals surface area contributed by atoms with Crippen molar-refractivity contribution in [2.24, 2.45) is 0 Å². The number of hydrogen-bond donors (Lipinski definition) is 1. The standard InChI is InChI=1S/C27H25F2N5O6/c1-15-3-4-16(11-20(15)38-10-9-37-2)23-24-25(31-14-30-24)26(36)33(32-23)13-22(35)34(17-5-6-17)18-7-8-19-21(12-18)40-27(28,29)39-19/h3-4,7-8,11-12,14,17H,5-6,9-10,13H2,1-2H3,(H,30,31). The van der Waals surface area contributed by atoms with Crippen molar-refractivity contribution < 1.29 is 32.5 Å². The summed E-state index contributed by atoms with van der Waals surface area (Å²) in [5.41, 5.74) is 2.34. The van der Waals surface area contributed by atoms with Crippen molar-refractivity contribution in [2.75, 3.05) is 25.2 Å². The van der Waals surface area contributed by atoms with E-state index >= 15 is 0 Å². The maximum Gasteiger partial charge on any atom is 0.586 e. The number of nitrogens with zero attached hydrogens (tertiary/aromatic N) is 4. The van der Waals surface area contributed by atoms with Crippen molar-refractivity contribution in [1.82, 2.24) is 19.7 Å². The highest BCUT2D eigenvalue weighted by molar-refractivity contribution is 5.95. The van der Waals surface area contributed by atoms with Gasteiger partial charge in [0.1, 0.15) is 35.6 Å². The summed E-state index contributed by atoms with van der Waals surface area (Å²) in [5.74, 6) is -0.0877. The normalized spacial score (nSPS) is 15.4. The van der Waals surface area contributed by atoms with Gasteiger partial charge < -0.3 is 28.8 Å². The Bertz CT molecular complexity index is 1670. The number of carbonyl (C=O) groups excluding carboxylic acids is 1. The Balaban J connectivity index is 1.34. The number of amides is 1. The first-order valence-electron chi connectivity index (χ1n) is 12.6. The molecule has 0 radical (unpaired) electrons. The van der Waals surface area contributed by atoms with Gasteiger partial charge in [-0.25, -0.2) is 9.67 Å². The summed E-state index contributed by atoms with van der Waals surface area (Å²) >= 11 is 0. The average Bonchev–Trinajstić information content (AvgIpc) is 3.51. The monoisotopic (exact) mass is 553 g/mol. The van der Waals surface area contributed by atoms with Crippen molar-refractivity contribution in [3.05, 3.63) is 58.6 Å². The summed E-state index contributed by atoms with van der Waals surface area (Å²) in [6, 6.07) is 9.55. The number of carbonyl (C=O) groups is 1. The van der Waals surface area contributed by atoms with E-state index in [9.17, 15) is 18.4 Å². The highest BCUT2D eigenvalue weighted by Crippen LogP contribution is 2.44. The molecule has 6 rings (SSSR count). The molecule has 1 aliphatic heterocycles. The van der Waals surface area contributed by atoms with Gasteiger partial charge in [-0.15, -0.1) is 8.78 Å². The van der Waals surface area contributed by atoms with E-state index in [2.05, 4.69) is 24.5 Å². The molecule has 2 aromatic heterocycles. The lowest BCUT2D eigenvalue weighted by atomic mass is 10.1. The van der Waals surface area contributed by atoms with Crippen LogP contribution in [0.25, 0.3) is 22.3 Å². The topological polar surface area (TPSA) is 121 Å². The third-order valence-electron chi connectivity index (χ3n) is 6.67. The second-order valence-corrected chi connectivity index (χ2v) is 9.55. The summed E-state index contributed by atoms with van der Waals surface area (Å²) in [6.07, 6.45) is -0.906. The molecular weight excluding hydrogens is 528 g/mol. The molecule has 1 amide bonds. The van der Waals surface area contributed by atoms with Crippen LogP contribution in [0.4, 0.5) is 14.5 Å². The maximum atomic E-state index is 13.6. The number of methoxy groups -OCH3 is 1. The van der Waals surface area contributed by atoms with E-state index in [-0.39, 0.29) is 29.6 Å². The van der Waals surface area contributed by atoms with Gasteiger partial charge in [0.05, 0.1) is 12.9 Å². The Morgan fingerprint density at radius 1 is 1.18 bits per heavy atom. The van der Waals surface area contributed by atoms with Crippen molar-refractivity contribution >= 4 is 22.6 Å². The number of aromatic amines is 1. The van der Waals surface area contributed by atoms with Crippen molar-refractivity contribution in [3.63, 3.8) is 0 Å². The zero-order valence-corrected chi connectivity index (χ0v) is 21.6. The van der Waals surface area contributed by atoms with Gasteiger partial charge in [-0.3, -0.25) is 9.59 Å². The fourth-order valence-electron chi connectivity index (χ4n) is 4.60. The van der Waals surface area contributed by atoms with Gasteiger partial charge in [0, 0.05) is 30.5 Å². The van der Waals surface area contributed by atoms with Crippen LogP contribution >= 0.6 is 0 Å². The van der Waals surface area contributed by atoms with Crippen molar-refractivity contribution in [3.8, 4) is 28.5 Å². The lowest BCUT2D eigenvalue weighted by Crippen LogP contribution is -2.39. The van der Waals surface area contributed by atoms with Gasteiger partial charge >= 0.3 is 6.29 Å². The first-order chi connectivity index (χ1) is 19.2. The van der Waals surface area contributed by atoms with Gasteiger partial charge in [0.2, 0.25) is 5.91 Å². The van der Waals surface area contributed by atoms with Gasteiger partial charge in [0.15, 0.2) is 11.5 Å². The second-order valence-electron chi connectivity index (χ2n) is 9.55. The average molecular weight is 554 g/mol. The number of fused-ring (bicyclic) bond motifs is 2. The molecule has 0 saturated heterocycles. The van der Waals surface area contributed by atoms with Crippen LogP contribution in [0.5, 0.6) is 17.2 Å². The lowest BCUT2D eigenvalue weighted by molar-refractivity contribution is -0.286. The molecule has 40 heavy (non-hydrogen) atoms. The van der Waals surface area contributed by atoms with Crippen LogP contribution in [-0.4, -0.2) is 58.3 Å². The molecule has 2 aliphatic rings. The molecule has 208 valence electrons. The van der Waals surface area contributed by atoms with Crippen LogP contribution in [0.2, 0.25) is 0 Å². The van der Waals surface area contributed by atoms with Crippen LogP contribution < -0.4 is 24.7 Å². The van der Waals surface area contributed by atoms with Gasteiger partial charge in [-0.05, 0) is 43.5 Å². The molecule has 2 aromatic carbocycles. The molecule has 0 spiro atoms. The Morgan fingerprint density at radius 2 is 1.98 bits per heavy atom. The Labute approximate surface area is 226 Å². The fraction of sp³-hybridized carbons (Fsp3) is 0.333. The molecule has 1 saturated carbocycles. The number of rotatable bonds is 9. The van der Waals surface area contributed by atoms with Crippen LogP contribution in [0.1, 0.15) is 18.4 Å². The molecule has 4 aromatic rings. The number of aromatic nitrogens is 4. The first-order valence-corrected chi connectivity index (χ1v) is 12.6. The highest BCUT2D eigenvalue weighted by atomic mass is 19.3. The molecule has 1 N–H and O–H groups in total. The summed E-state index contributed by atoms with van der Waals surface area (Å²) in [7, 11) is 1.59. The minimum Gasteiger partial charge on any atom is -0.491 e. The number of H-pyrrole nitrogens is 1. The number of alkyl halides is 2. The number of hydrogen-bond acceptors (Lipinski definition) is 8. The van der Waals surface area contributed by atoms with E-state index < -0.39 is 17.8 Å². The van der Waals surface area contributed by atoms with Crippen molar-refractivity contribution in [2.45, 2.75) is 38.6 Å². The fourth-order valence-corrected chi connectivity index (χ4v) is 4.60. The first kappa shape index (κ1) is 25.7. The summed E-state index contributed by atoms with van der Waals surface area (Å²) in [5, 5.41) is 4.53. The SMILES string of the molecule is COCCOc1cc(-c2nn(CC(=O)N(c3ccc4c(c3)OC(F)(F)O4)C3CC3)c(=O)c3[nH]cnc23)ccc1C. The van der Waals surface area contributed by atoms with E-state index in [0.29, 0.717) is 41.4 Å². The minimum absolute atomic E-state index is 0.118. The molecule has 13 heteroatoms. The molecule has 0 bridgehead atoms. The molecule has 1 aliphatic carbocycles.